The molecule has 1 unspecified atom stereocenters. The molecule has 1 aliphatic heterocycles. The topological polar surface area (TPSA) is 64.5 Å². The second-order valence-corrected chi connectivity index (χ2v) is 8.44. The molecule has 2 aromatic rings. The van der Waals surface area contributed by atoms with Crippen molar-refractivity contribution in [2.45, 2.75) is 39.5 Å². The number of benzene rings is 1. The van der Waals surface area contributed by atoms with Crippen LogP contribution in [0, 0.1) is 30.4 Å². The lowest BCUT2D eigenvalue weighted by atomic mass is 10.1. The van der Waals surface area contributed by atoms with E-state index in [2.05, 4.69) is 9.97 Å². The SMILES string of the molecule is CC(=O)OCCC1CCN(c2c(F)cc(-c3nc(C)cc(OCC4CC4)n3)cc2F)C1. The van der Waals surface area contributed by atoms with Gasteiger partial charge >= 0.3 is 5.97 Å². The number of ether oxygens (including phenoxy) is 2. The van der Waals surface area contributed by atoms with Crippen LogP contribution in [0.3, 0.4) is 0 Å². The zero-order valence-corrected chi connectivity index (χ0v) is 17.9. The molecular weight excluding hydrogens is 404 g/mol. The number of aromatic nitrogens is 2. The lowest BCUT2D eigenvalue weighted by Gasteiger charge is -2.21. The van der Waals surface area contributed by atoms with Crippen molar-refractivity contribution in [3.05, 3.63) is 35.5 Å². The molecule has 0 spiro atoms. The van der Waals surface area contributed by atoms with E-state index in [9.17, 15) is 13.6 Å². The summed E-state index contributed by atoms with van der Waals surface area (Å²) in [5, 5.41) is 0. The van der Waals surface area contributed by atoms with Crippen LogP contribution in [0.15, 0.2) is 18.2 Å². The van der Waals surface area contributed by atoms with Crippen LogP contribution in [0.2, 0.25) is 0 Å². The molecule has 166 valence electrons. The number of hydrogen-bond donors (Lipinski definition) is 0. The highest BCUT2D eigenvalue weighted by Gasteiger charge is 2.28. The first-order valence-corrected chi connectivity index (χ1v) is 10.7. The highest BCUT2D eigenvalue weighted by molar-refractivity contribution is 5.66. The molecule has 1 saturated carbocycles. The molecule has 6 nitrogen and oxygen atoms in total. The number of carbonyl (C=O) groups is 1. The van der Waals surface area contributed by atoms with Crippen LogP contribution in [-0.2, 0) is 9.53 Å². The Morgan fingerprint density at radius 3 is 2.55 bits per heavy atom. The molecule has 0 radical (unpaired) electrons. The summed E-state index contributed by atoms with van der Waals surface area (Å²) in [6.07, 6.45) is 3.80. The van der Waals surface area contributed by atoms with Crippen molar-refractivity contribution in [3.63, 3.8) is 0 Å². The van der Waals surface area contributed by atoms with Crippen molar-refractivity contribution in [2.24, 2.45) is 11.8 Å². The molecule has 31 heavy (non-hydrogen) atoms. The minimum Gasteiger partial charge on any atom is -0.477 e. The number of carbonyl (C=O) groups excluding carboxylic acids is 1. The zero-order valence-electron chi connectivity index (χ0n) is 17.9. The van der Waals surface area contributed by atoms with Gasteiger partial charge in [0.05, 0.1) is 13.2 Å². The molecule has 8 heteroatoms. The van der Waals surface area contributed by atoms with Crippen molar-refractivity contribution in [1.29, 1.82) is 0 Å². The van der Waals surface area contributed by atoms with Gasteiger partial charge in [0.15, 0.2) is 5.82 Å². The predicted molar refractivity (Wildman–Crippen MR) is 112 cm³/mol. The number of hydrogen-bond acceptors (Lipinski definition) is 6. The maximum atomic E-state index is 15.0. The highest BCUT2D eigenvalue weighted by atomic mass is 19.1. The van der Waals surface area contributed by atoms with E-state index in [0.29, 0.717) is 50.2 Å². The Morgan fingerprint density at radius 2 is 1.87 bits per heavy atom. The fraction of sp³-hybridized carbons (Fsp3) is 0.522. The van der Waals surface area contributed by atoms with E-state index in [-0.39, 0.29) is 29.0 Å². The second kappa shape index (κ2) is 9.16. The van der Waals surface area contributed by atoms with Crippen molar-refractivity contribution < 1.29 is 23.0 Å². The van der Waals surface area contributed by atoms with E-state index in [1.165, 1.54) is 19.1 Å². The third-order valence-corrected chi connectivity index (χ3v) is 5.70. The van der Waals surface area contributed by atoms with Crippen LogP contribution in [0.5, 0.6) is 5.88 Å². The number of halogens is 2. The van der Waals surface area contributed by atoms with E-state index in [4.69, 9.17) is 9.47 Å². The molecular formula is C23H27F2N3O3. The number of esters is 1. The minimum atomic E-state index is -0.638. The van der Waals surface area contributed by atoms with Gasteiger partial charge in [0.25, 0.3) is 0 Å². The summed E-state index contributed by atoms with van der Waals surface area (Å²) in [6, 6.07) is 4.29. The standard InChI is InChI=1S/C23H27F2N3O3/c1-14-9-21(31-13-17-3-4-17)27-23(26-14)18-10-19(24)22(20(25)11-18)28-7-5-16(12-28)6-8-30-15(2)29/h9-11,16-17H,3-8,12-13H2,1-2H3. The smallest absolute Gasteiger partial charge is 0.302 e. The van der Waals surface area contributed by atoms with Crippen molar-refractivity contribution in [1.82, 2.24) is 9.97 Å². The Bertz CT molecular complexity index is 942. The van der Waals surface area contributed by atoms with Gasteiger partial charge in [0.1, 0.15) is 17.3 Å². The second-order valence-electron chi connectivity index (χ2n) is 8.44. The Balaban J connectivity index is 1.48. The summed E-state index contributed by atoms with van der Waals surface area (Å²) in [5.41, 5.74) is 0.928. The van der Waals surface area contributed by atoms with Crippen molar-refractivity contribution >= 4 is 11.7 Å². The molecule has 2 fully saturated rings. The summed E-state index contributed by atoms with van der Waals surface area (Å²) in [4.78, 5) is 21.3. The van der Waals surface area contributed by atoms with E-state index < -0.39 is 11.6 Å². The first kappa shape index (κ1) is 21.5. The van der Waals surface area contributed by atoms with Gasteiger partial charge in [0.2, 0.25) is 5.88 Å². The van der Waals surface area contributed by atoms with Gasteiger partial charge in [-0.1, -0.05) is 0 Å². The molecule has 2 aliphatic rings. The number of aryl methyl sites for hydroxylation is 1. The molecule has 0 bridgehead atoms. The van der Waals surface area contributed by atoms with E-state index in [0.717, 1.165) is 19.3 Å². The van der Waals surface area contributed by atoms with Crippen LogP contribution in [-0.4, -0.2) is 42.2 Å². The molecule has 2 heterocycles. The molecule has 4 rings (SSSR count). The summed E-state index contributed by atoms with van der Waals surface area (Å²) in [6.45, 7) is 5.18. The third kappa shape index (κ3) is 5.48. The lowest BCUT2D eigenvalue weighted by Crippen LogP contribution is -2.22. The molecule has 1 saturated heterocycles. The molecule has 1 atom stereocenters. The van der Waals surface area contributed by atoms with Crippen molar-refractivity contribution in [3.8, 4) is 17.3 Å². The molecule has 0 N–H and O–H groups in total. The monoisotopic (exact) mass is 431 g/mol. The third-order valence-electron chi connectivity index (χ3n) is 5.70. The highest BCUT2D eigenvalue weighted by Crippen LogP contribution is 2.34. The van der Waals surface area contributed by atoms with Crippen LogP contribution < -0.4 is 9.64 Å². The fourth-order valence-electron chi connectivity index (χ4n) is 3.87. The normalized spacial score (nSPS) is 18.3. The van der Waals surface area contributed by atoms with E-state index >= 15 is 0 Å². The number of nitrogens with zero attached hydrogens (tertiary/aromatic N) is 3. The maximum Gasteiger partial charge on any atom is 0.302 e. The van der Waals surface area contributed by atoms with Crippen LogP contribution in [0.1, 0.15) is 38.3 Å². The largest absolute Gasteiger partial charge is 0.477 e. The lowest BCUT2D eigenvalue weighted by molar-refractivity contribution is -0.141. The average Bonchev–Trinajstić information content (AvgIpc) is 3.43. The van der Waals surface area contributed by atoms with Gasteiger partial charge in [0, 0.05) is 37.3 Å². The quantitative estimate of drug-likeness (QED) is 0.581. The van der Waals surface area contributed by atoms with Gasteiger partial charge in [-0.05, 0) is 56.6 Å². The van der Waals surface area contributed by atoms with Gasteiger partial charge in [-0.3, -0.25) is 4.79 Å². The first-order chi connectivity index (χ1) is 14.9. The summed E-state index contributed by atoms with van der Waals surface area (Å²) in [7, 11) is 0. The van der Waals surface area contributed by atoms with E-state index in [1.54, 1.807) is 17.9 Å². The summed E-state index contributed by atoms with van der Waals surface area (Å²) >= 11 is 0. The fourth-order valence-corrected chi connectivity index (χ4v) is 3.87. The van der Waals surface area contributed by atoms with Gasteiger partial charge in [-0.25, -0.2) is 13.8 Å². The molecule has 1 aromatic carbocycles. The number of rotatable bonds is 8. The molecule has 1 aliphatic carbocycles. The minimum absolute atomic E-state index is 0.0309. The van der Waals surface area contributed by atoms with Gasteiger partial charge < -0.3 is 14.4 Å². The Labute approximate surface area is 180 Å². The first-order valence-electron chi connectivity index (χ1n) is 10.7. The predicted octanol–water partition coefficient (Wildman–Crippen LogP) is 4.30. The molecule has 1 aromatic heterocycles. The van der Waals surface area contributed by atoms with Gasteiger partial charge in [-0.2, -0.15) is 4.98 Å². The summed E-state index contributed by atoms with van der Waals surface area (Å²) in [5.74, 6) is -0.120. The summed E-state index contributed by atoms with van der Waals surface area (Å²) < 4.78 is 40.6. The van der Waals surface area contributed by atoms with Crippen LogP contribution in [0.4, 0.5) is 14.5 Å². The average molecular weight is 431 g/mol. The van der Waals surface area contributed by atoms with E-state index in [1.807, 2.05) is 0 Å². The maximum absolute atomic E-state index is 15.0. The van der Waals surface area contributed by atoms with Crippen LogP contribution in [0.25, 0.3) is 11.4 Å². The van der Waals surface area contributed by atoms with Crippen LogP contribution >= 0.6 is 0 Å². The van der Waals surface area contributed by atoms with Crippen molar-refractivity contribution in [2.75, 3.05) is 31.2 Å². The Morgan fingerprint density at radius 1 is 1.13 bits per heavy atom. The number of anilines is 1. The Kier molecular flexibility index (Phi) is 6.34. The zero-order chi connectivity index (χ0) is 22.0. The van der Waals surface area contributed by atoms with Gasteiger partial charge in [-0.15, -0.1) is 0 Å². The molecule has 0 amide bonds. The Hall–Kier alpha value is -2.77.